The number of carbonyl (C=O) groups excluding carboxylic acids is 1. The van der Waals surface area contributed by atoms with Gasteiger partial charge in [-0.25, -0.2) is 0 Å². The first-order valence-corrected chi connectivity index (χ1v) is 7.07. The van der Waals surface area contributed by atoms with Crippen molar-refractivity contribution in [1.82, 2.24) is 10.2 Å². The number of nitrogens with zero attached hydrogens (tertiary/aromatic N) is 1. The van der Waals surface area contributed by atoms with Crippen molar-refractivity contribution < 1.29 is 15.0 Å². The molecule has 0 aromatic heterocycles. The van der Waals surface area contributed by atoms with Crippen LogP contribution in [-0.2, 0) is 0 Å². The summed E-state index contributed by atoms with van der Waals surface area (Å²) in [5.74, 6) is -0.160. The van der Waals surface area contributed by atoms with Gasteiger partial charge in [0.2, 0.25) is 0 Å². The van der Waals surface area contributed by atoms with E-state index in [1.54, 1.807) is 6.07 Å². The van der Waals surface area contributed by atoms with Crippen molar-refractivity contribution in [1.29, 1.82) is 0 Å². The molecule has 1 amide bonds. The Morgan fingerprint density at radius 3 is 2.75 bits per heavy atom. The van der Waals surface area contributed by atoms with Crippen LogP contribution in [0.15, 0.2) is 18.2 Å². The average molecular weight is 278 g/mol. The van der Waals surface area contributed by atoms with Gasteiger partial charge in [-0.05, 0) is 37.1 Å². The van der Waals surface area contributed by atoms with E-state index in [1.165, 1.54) is 12.1 Å². The topological polar surface area (TPSA) is 72.8 Å². The number of phenols is 2. The second-order valence-corrected chi connectivity index (χ2v) is 5.38. The number of rotatable bonds is 3. The van der Waals surface area contributed by atoms with Gasteiger partial charge in [0.1, 0.15) is 0 Å². The molecule has 0 aliphatic carbocycles. The van der Waals surface area contributed by atoms with Crippen molar-refractivity contribution in [2.24, 2.45) is 5.92 Å². The van der Waals surface area contributed by atoms with Crippen molar-refractivity contribution in [3.05, 3.63) is 23.8 Å². The van der Waals surface area contributed by atoms with Gasteiger partial charge in [0, 0.05) is 24.7 Å². The highest BCUT2D eigenvalue weighted by atomic mass is 16.3. The molecule has 0 saturated carbocycles. The van der Waals surface area contributed by atoms with Gasteiger partial charge in [0.15, 0.2) is 11.5 Å². The molecule has 5 heteroatoms. The van der Waals surface area contributed by atoms with Crippen LogP contribution in [-0.4, -0.2) is 46.7 Å². The maximum atomic E-state index is 12.4. The number of phenolic OH excluding ortho intramolecular Hbond substituents is 2. The third kappa shape index (κ3) is 3.04. The van der Waals surface area contributed by atoms with Crippen molar-refractivity contribution in [2.45, 2.75) is 26.3 Å². The van der Waals surface area contributed by atoms with Gasteiger partial charge in [-0.15, -0.1) is 0 Å². The lowest BCUT2D eigenvalue weighted by Crippen LogP contribution is -2.50. The van der Waals surface area contributed by atoms with Crippen LogP contribution in [0.25, 0.3) is 0 Å². The van der Waals surface area contributed by atoms with Crippen LogP contribution < -0.4 is 5.32 Å². The monoisotopic (exact) mass is 278 g/mol. The predicted octanol–water partition coefficient (Wildman–Crippen LogP) is 1.56. The molecule has 1 aliphatic heterocycles. The Bertz CT molecular complexity index is 490. The number of nitrogens with one attached hydrogen (secondary N) is 1. The first-order valence-electron chi connectivity index (χ1n) is 7.07. The lowest BCUT2D eigenvalue weighted by molar-refractivity contribution is 0.0645. The number of carbonyl (C=O) groups is 1. The van der Waals surface area contributed by atoms with E-state index in [-0.39, 0.29) is 17.4 Å². The van der Waals surface area contributed by atoms with Gasteiger partial charge in [-0.2, -0.15) is 0 Å². The van der Waals surface area contributed by atoms with E-state index in [4.69, 9.17) is 0 Å². The maximum absolute atomic E-state index is 12.4. The van der Waals surface area contributed by atoms with Crippen LogP contribution in [0.4, 0.5) is 0 Å². The van der Waals surface area contributed by atoms with E-state index in [0.717, 1.165) is 13.0 Å². The molecule has 2 atom stereocenters. The molecule has 2 unspecified atom stereocenters. The molecular formula is C15H22N2O3. The molecule has 1 fully saturated rings. The van der Waals surface area contributed by atoms with Gasteiger partial charge in [0.25, 0.3) is 5.91 Å². The van der Waals surface area contributed by atoms with E-state index in [2.05, 4.69) is 19.2 Å². The number of amides is 1. The summed E-state index contributed by atoms with van der Waals surface area (Å²) in [5.41, 5.74) is 0.411. The fourth-order valence-electron chi connectivity index (χ4n) is 2.73. The molecule has 110 valence electrons. The smallest absolute Gasteiger partial charge is 0.254 e. The Kier molecular flexibility index (Phi) is 4.49. The molecule has 1 heterocycles. The summed E-state index contributed by atoms with van der Waals surface area (Å²) in [6, 6.07) is 4.66. The average Bonchev–Trinajstić information content (AvgIpc) is 2.43. The third-order valence-electron chi connectivity index (χ3n) is 3.88. The summed E-state index contributed by atoms with van der Waals surface area (Å²) < 4.78 is 0. The molecule has 1 saturated heterocycles. The zero-order valence-corrected chi connectivity index (χ0v) is 12.0. The number of hydrogen-bond donors (Lipinski definition) is 3. The van der Waals surface area contributed by atoms with Crippen molar-refractivity contribution in [3.8, 4) is 11.5 Å². The van der Waals surface area contributed by atoms with Gasteiger partial charge < -0.3 is 20.4 Å². The molecule has 1 aromatic rings. The number of hydrogen-bond acceptors (Lipinski definition) is 4. The van der Waals surface area contributed by atoms with E-state index < -0.39 is 0 Å². The lowest BCUT2D eigenvalue weighted by atomic mass is 9.93. The predicted molar refractivity (Wildman–Crippen MR) is 76.9 cm³/mol. The minimum absolute atomic E-state index is 0.0953. The normalized spacial score (nSPS) is 22.8. The molecular weight excluding hydrogens is 256 g/mol. The Balaban J connectivity index is 2.05. The molecule has 0 bridgehead atoms. The van der Waals surface area contributed by atoms with E-state index >= 15 is 0 Å². The fourth-order valence-corrected chi connectivity index (χ4v) is 2.73. The zero-order valence-electron chi connectivity index (χ0n) is 12.0. The highest BCUT2D eigenvalue weighted by molar-refractivity contribution is 5.95. The quantitative estimate of drug-likeness (QED) is 0.734. The largest absolute Gasteiger partial charge is 0.504 e. The van der Waals surface area contributed by atoms with Crippen LogP contribution in [0.2, 0.25) is 0 Å². The minimum Gasteiger partial charge on any atom is -0.504 e. The van der Waals surface area contributed by atoms with Gasteiger partial charge >= 0.3 is 0 Å². The molecule has 2 rings (SSSR count). The Morgan fingerprint density at radius 1 is 1.40 bits per heavy atom. The second-order valence-electron chi connectivity index (χ2n) is 5.38. The van der Waals surface area contributed by atoms with Crippen LogP contribution in [0, 0.1) is 5.92 Å². The van der Waals surface area contributed by atoms with E-state index in [9.17, 15) is 15.0 Å². The molecule has 3 N–H and O–H groups in total. The first kappa shape index (κ1) is 14.7. The SMILES string of the molecule is CCNC1CCN(C(=O)c2ccc(O)c(O)c2)CC1C. The summed E-state index contributed by atoms with van der Waals surface area (Å²) in [6.45, 7) is 6.58. The number of aromatic hydroxyl groups is 2. The number of piperidine rings is 1. The van der Waals surface area contributed by atoms with E-state index in [1.807, 2.05) is 4.90 Å². The van der Waals surface area contributed by atoms with Gasteiger partial charge in [0.05, 0.1) is 0 Å². The zero-order chi connectivity index (χ0) is 14.7. The molecule has 5 nitrogen and oxygen atoms in total. The fraction of sp³-hybridized carbons (Fsp3) is 0.533. The maximum Gasteiger partial charge on any atom is 0.254 e. The van der Waals surface area contributed by atoms with Crippen molar-refractivity contribution in [2.75, 3.05) is 19.6 Å². The van der Waals surface area contributed by atoms with Crippen LogP contribution >= 0.6 is 0 Å². The second kappa shape index (κ2) is 6.13. The van der Waals surface area contributed by atoms with Crippen LogP contribution in [0.3, 0.4) is 0 Å². The molecule has 0 radical (unpaired) electrons. The lowest BCUT2D eigenvalue weighted by Gasteiger charge is -2.37. The Labute approximate surface area is 119 Å². The van der Waals surface area contributed by atoms with E-state index in [0.29, 0.717) is 30.6 Å². The minimum atomic E-state index is -0.258. The first-order chi connectivity index (χ1) is 9.52. The van der Waals surface area contributed by atoms with Gasteiger partial charge in [-0.1, -0.05) is 13.8 Å². The summed E-state index contributed by atoms with van der Waals surface area (Å²) in [5, 5.41) is 22.2. The summed E-state index contributed by atoms with van der Waals surface area (Å²) >= 11 is 0. The Hall–Kier alpha value is -1.75. The number of benzene rings is 1. The van der Waals surface area contributed by atoms with Gasteiger partial charge in [-0.3, -0.25) is 4.79 Å². The van der Waals surface area contributed by atoms with Crippen molar-refractivity contribution in [3.63, 3.8) is 0 Å². The summed E-state index contributed by atoms with van der Waals surface area (Å²) in [4.78, 5) is 14.2. The number of likely N-dealkylation sites (tertiary alicyclic amines) is 1. The molecule has 1 aromatic carbocycles. The standard InChI is InChI=1S/C15H22N2O3/c1-3-16-12-6-7-17(9-10(12)2)15(20)11-4-5-13(18)14(19)8-11/h4-5,8,10,12,16,18-19H,3,6-7,9H2,1-2H3. The summed E-state index contributed by atoms with van der Waals surface area (Å²) in [7, 11) is 0. The third-order valence-corrected chi connectivity index (χ3v) is 3.88. The Morgan fingerprint density at radius 2 is 2.15 bits per heavy atom. The van der Waals surface area contributed by atoms with Crippen LogP contribution in [0.5, 0.6) is 11.5 Å². The van der Waals surface area contributed by atoms with Crippen LogP contribution in [0.1, 0.15) is 30.6 Å². The van der Waals surface area contributed by atoms with Crippen molar-refractivity contribution >= 4 is 5.91 Å². The molecule has 1 aliphatic rings. The highest BCUT2D eigenvalue weighted by Gasteiger charge is 2.28. The summed E-state index contributed by atoms with van der Waals surface area (Å²) in [6.07, 6.45) is 0.935. The molecule has 20 heavy (non-hydrogen) atoms. The highest BCUT2D eigenvalue weighted by Crippen LogP contribution is 2.26. The molecule has 0 spiro atoms.